The first-order chi connectivity index (χ1) is 9.72. The van der Waals surface area contributed by atoms with Gasteiger partial charge in [0, 0.05) is 5.56 Å². The van der Waals surface area contributed by atoms with Crippen LogP contribution in [0.2, 0.25) is 0 Å². The Morgan fingerprint density at radius 2 is 2.00 bits per heavy atom. The lowest BCUT2D eigenvalue weighted by atomic mass is 10.0. The summed E-state index contributed by atoms with van der Waals surface area (Å²) in [4.78, 5) is 4.34. The zero-order valence-electron chi connectivity index (χ0n) is 11.1. The number of pyridine rings is 1. The zero-order chi connectivity index (χ0) is 14.1. The summed E-state index contributed by atoms with van der Waals surface area (Å²) in [6.07, 6.45) is 1.55. The number of nitriles is 1. The number of rotatable bonds is 2. The Balaban J connectivity index is 2.12. The third-order valence-electron chi connectivity index (χ3n) is 3.20. The number of ether oxygens (including phenoxy) is 3. The first kappa shape index (κ1) is 12.3. The molecule has 2 aromatic rings. The molecule has 0 saturated heterocycles. The van der Waals surface area contributed by atoms with E-state index in [1.807, 2.05) is 19.1 Å². The van der Waals surface area contributed by atoms with Crippen molar-refractivity contribution in [3.63, 3.8) is 0 Å². The number of aryl methyl sites for hydroxylation is 1. The summed E-state index contributed by atoms with van der Waals surface area (Å²) in [5.41, 5.74) is 3.08. The molecule has 1 aliphatic rings. The molecule has 0 fully saturated rings. The van der Waals surface area contributed by atoms with Crippen LogP contribution in [0.3, 0.4) is 0 Å². The maximum atomic E-state index is 9.14. The van der Waals surface area contributed by atoms with Crippen LogP contribution in [0, 0.1) is 18.3 Å². The van der Waals surface area contributed by atoms with E-state index in [0.29, 0.717) is 22.8 Å². The summed E-state index contributed by atoms with van der Waals surface area (Å²) < 4.78 is 15.8. The van der Waals surface area contributed by atoms with Crippen LogP contribution < -0.4 is 14.2 Å². The Morgan fingerprint density at radius 3 is 2.70 bits per heavy atom. The van der Waals surface area contributed by atoms with Crippen LogP contribution in [-0.4, -0.2) is 18.9 Å². The number of hydrogen-bond donors (Lipinski definition) is 0. The number of methoxy groups -OCH3 is 1. The zero-order valence-corrected chi connectivity index (χ0v) is 11.1. The van der Waals surface area contributed by atoms with Gasteiger partial charge in [-0.3, -0.25) is 4.98 Å². The number of nitrogens with zero attached hydrogens (tertiary/aromatic N) is 2. The highest BCUT2D eigenvalue weighted by molar-refractivity contribution is 5.70. The summed E-state index contributed by atoms with van der Waals surface area (Å²) in [5.74, 6) is 1.90. The van der Waals surface area contributed by atoms with Gasteiger partial charge in [-0.1, -0.05) is 0 Å². The molecule has 3 rings (SSSR count). The summed E-state index contributed by atoms with van der Waals surface area (Å²) in [6, 6.07) is 7.61. The van der Waals surface area contributed by atoms with Crippen LogP contribution in [-0.2, 0) is 0 Å². The second-order valence-electron chi connectivity index (χ2n) is 4.40. The van der Waals surface area contributed by atoms with Crippen molar-refractivity contribution < 1.29 is 14.2 Å². The van der Waals surface area contributed by atoms with Crippen molar-refractivity contribution in [1.29, 1.82) is 5.26 Å². The normalized spacial score (nSPS) is 12.1. The molecule has 1 aliphatic heterocycles. The first-order valence-electron chi connectivity index (χ1n) is 6.07. The summed E-state index contributed by atoms with van der Waals surface area (Å²) in [7, 11) is 1.52. The standard InChI is InChI=1S/C15H12N2O3/c1-9-3-13-14(20-8-19-13)5-11(9)12-4-10(6-16)15(18-2)7-17-12/h3-5,7H,8H2,1-2H3. The van der Waals surface area contributed by atoms with Gasteiger partial charge in [0.25, 0.3) is 0 Å². The molecule has 0 saturated carbocycles. The summed E-state index contributed by atoms with van der Waals surface area (Å²) in [6.45, 7) is 2.20. The smallest absolute Gasteiger partial charge is 0.231 e. The van der Waals surface area contributed by atoms with Gasteiger partial charge in [-0.25, -0.2) is 0 Å². The van der Waals surface area contributed by atoms with Gasteiger partial charge in [0.2, 0.25) is 6.79 Å². The molecule has 0 amide bonds. The largest absolute Gasteiger partial charge is 0.494 e. The number of aromatic nitrogens is 1. The first-order valence-corrected chi connectivity index (χ1v) is 6.07. The van der Waals surface area contributed by atoms with E-state index < -0.39 is 0 Å². The lowest BCUT2D eigenvalue weighted by Gasteiger charge is -2.09. The molecule has 20 heavy (non-hydrogen) atoms. The van der Waals surface area contributed by atoms with E-state index in [4.69, 9.17) is 19.5 Å². The Bertz CT molecular complexity index is 720. The molecular weight excluding hydrogens is 256 g/mol. The molecule has 0 N–H and O–H groups in total. The predicted molar refractivity (Wildman–Crippen MR) is 71.8 cm³/mol. The Hall–Kier alpha value is -2.74. The molecular formula is C15H12N2O3. The van der Waals surface area contributed by atoms with Gasteiger partial charge in [-0.05, 0) is 30.7 Å². The molecule has 1 aromatic carbocycles. The van der Waals surface area contributed by atoms with E-state index >= 15 is 0 Å². The monoisotopic (exact) mass is 268 g/mol. The fourth-order valence-electron chi connectivity index (χ4n) is 2.16. The van der Waals surface area contributed by atoms with Crippen molar-refractivity contribution >= 4 is 0 Å². The molecule has 0 aliphatic carbocycles. The molecule has 100 valence electrons. The lowest BCUT2D eigenvalue weighted by molar-refractivity contribution is 0.174. The number of fused-ring (bicyclic) bond motifs is 1. The van der Waals surface area contributed by atoms with Crippen LogP contribution in [0.1, 0.15) is 11.1 Å². The molecule has 0 atom stereocenters. The average Bonchev–Trinajstić information content (AvgIpc) is 2.92. The maximum Gasteiger partial charge on any atom is 0.231 e. The third-order valence-corrected chi connectivity index (χ3v) is 3.20. The van der Waals surface area contributed by atoms with Crippen LogP contribution >= 0.6 is 0 Å². The van der Waals surface area contributed by atoms with E-state index in [2.05, 4.69) is 11.1 Å². The topological polar surface area (TPSA) is 64.4 Å². The van der Waals surface area contributed by atoms with Gasteiger partial charge in [-0.2, -0.15) is 5.26 Å². The van der Waals surface area contributed by atoms with Crippen molar-refractivity contribution in [2.45, 2.75) is 6.92 Å². The quantitative estimate of drug-likeness (QED) is 0.837. The van der Waals surface area contributed by atoms with Gasteiger partial charge < -0.3 is 14.2 Å². The van der Waals surface area contributed by atoms with E-state index in [9.17, 15) is 0 Å². The van der Waals surface area contributed by atoms with Crippen LogP contribution in [0.25, 0.3) is 11.3 Å². The molecule has 0 radical (unpaired) electrons. The molecule has 2 heterocycles. The van der Waals surface area contributed by atoms with Crippen LogP contribution in [0.4, 0.5) is 0 Å². The van der Waals surface area contributed by atoms with Gasteiger partial charge in [0.15, 0.2) is 17.2 Å². The lowest BCUT2D eigenvalue weighted by Crippen LogP contribution is -1.93. The molecule has 0 bridgehead atoms. The number of benzene rings is 1. The van der Waals surface area contributed by atoms with Crippen LogP contribution in [0.15, 0.2) is 24.4 Å². The molecule has 0 spiro atoms. The fourth-order valence-corrected chi connectivity index (χ4v) is 2.16. The van der Waals surface area contributed by atoms with E-state index in [1.54, 1.807) is 12.3 Å². The minimum atomic E-state index is 0.234. The number of hydrogen-bond acceptors (Lipinski definition) is 5. The highest BCUT2D eigenvalue weighted by atomic mass is 16.7. The molecule has 1 aromatic heterocycles. The second-order valence-corrected chi connectivity index (χ2v) is 4.40. The van der Waals surface area contributed by atoms with E-state index in [1.165, 1.54) is 7.11 Å². The summed E-state index contributed by atoms with van der Waals surface area (Å²) >= 11 is 0. The van der Waals surface area contributed by atoms with Crippen molar-refractivity contribution in [2.24, 2.45) is 0 Å². The van der Waals surface area contributed by atoms with E-state index in [-0.39, 0.29) is 6.79 Å². The van der Waals surface area contributed by atoms with Crippen molar-refractivity contribution in [3.05, 3.63) is 35.5 Å². The molecule has 5 nitrogen and oxygen atoms in total. The highest BCUT2D eigenvalue weighted by Crippen LogP contribution is 2.38. The maximum absolute atomic E-state index is 9.14. The van der Waals surface area contributed by atoms with Gasteiger partial charge >= 0.3 is 0 Å². The average molecular weight is 268 g/mol. The highest BCUT2D eigenvalue weighted by Gasteiger charge is 2.17. The second kappa shape index (κ2) is 4.74. The van der Waals surface area contributed by atoms with Crippen molar-refractivity contribution in [2.75, 3.05) is 13.9 Å². The summed E-state index contributed by atoms with van der Waals surface area (Å²) in [5, 5.41) is 9.14. The van der Waals surface area contributed by atoms with Gasteiger partial charge in [0.1, 0.15) is 6.07 Å². The molecule has 0 unspecified atom stereocenters. The SMILES string of the molecule is COc1cnc(-c2cc3c(cc2C)OCO3)cc1C#N. The third kappa shape index (κ3) is 1.91. The minimum Gasteiger partial charge on any atom is -0.494 e. The Labute approximate surface area is 116 Å². The molecule has 5 heteroatoms. The Morgan fingerprint density at radius 1 is 1.25 bits per heavy atom. The van der Waals surface area contributed by atoms with Crippen molar-refractivity contribution in [1.82, 2.24) is 4.98 Å². The Kier molecular flexibility index (Phi) is 2.92. The minimum absolute atomic E-state index is 0.234. The van der Waals surface area contributed by atoms with Gasteiger partial charge in [-0.15, -0.1) is 0 Å². The predicted octanol–water partition coefficient (Wildman–Crippen LogP) is 2.67. The van der Waals surface area contributed by atoms with E-state index in [0.717, 1.165) is 16.9 Å². The fraction of sp³-hybridized carbons (Fsp3) is 0.200. The van der Waals surface area contributed by atoms with Crippen molar-refractivity contribution in [3.8, 4) is 34.6 Å². The van der Waals surface area contributed by atoms with Crippen LogP contribution in [0.5, 0.6) is 17.2 Å². The van der Waals surface area contributed by atoms with Gasteiger partial charge in [0.05, 0.1) is 24.6 Å².